The highest BCUT2D eigenvalue weighted by Crippen LogP contribution is 2.26. The molecule has 0 bridgehead atoms. The van der Waals surface area contributed by atoms with Gasteiger partial charge in [0.1, 0.15) is 5.75 Å². The van der Waals surface area contributed by atoms with Gasteiger partial charge in [0.15, 0.2) is 6.61 Å². The van der Waals surface area contributed by atoms with Crippen LogP contribution in [0.2, 0.25) is 10.0 Å². The Balaban J connectivity index is 1.69. The van der Waals surface area contributed by atoms with E-state index in [0.29, 0.717) is 11.6 Å². The number of rotatable bonds is 5. The van der Waals surface area contributed by atoms with Gasteiger partial charge in [-0.15, -0.1) is 0 Å². The third-order valence-electron chi connectivity index (χ3n) is 3.29. The van der Waals surface area contributed by atoms with Crippen LogP contribution in [-0.4, -0.2) is 23.2 Å². The predicted molar refractivity (Wildman–Crippen MR) is 91.9 cm³/mol. The maximum absolute atomic E-state index is 12.1. The average molecular weight is 379 g/mol. The molecule has 0 spiro atoms. The molecule has 1 aromatic heterocycles. The summed E-state index contributed by atoms with van der Waals surface area (Å²) in [7, 11) is 1.57. The highest BCUT2D eigenvalue weighted by Gasteiger charge is 2.16. The summed E-state index contributed by atoms with van der Waals surface area (Å²) in [5, 5.41) is 4.27. The van der Waals surface area contributed by atoms with Gasteiger partial charge in [-0.05, 0) is 24.3 Å². The van der Waals surface area contributed by atoms with Crippen molar-refractivity contribution in [2.45, 2.75) is 6.61 Å². The lowest BCUT2D eigenvalue weighted by molar-refractivity contribution is 0.0430. The number of hydrogen-bond donors (Lipinski definition) is 0. The van der Waals surface area contributed by atoms with Gasteiger partial charge >= 0.3 is 5.97 Å². The molecule has 0 saturated heterocycles. The summed E-state index contributed by atoms with van der Waals surface area (Å²) in [5.41, 5.74) is 0.889. The van der Waals surface area contributed by atoms with Gasteiger partial charge in [0.2, 0.25) is 5.82 Å². The van der Waals surface area contributed by atoms with Crippen LogP contribution in [0.1, 0.15) is 16.2 Å². The molecule has 8 heteroatoms. The summed E-state index contributed by atoms with van der Waals surface area (Å²) in [6.45, 7) is -0.182. The molecular formula is C17H12Cl2N2O4. The Kier molecular flexibility index (Phi) is 5.21. The quantitative estimate of drug-likeness (QED) is 0.612. The zero-order chi connectivity index (χ0) is 17.8. The number of carbonyl (C=O) groups excluding carboxylic acids is 1. The van der Waals surface area contributed by atoms with E-state index in [2.05, 4.69) is 10.1 Å². The van der Waals surface area contributed by atoms with Crippen molar-refractivity contribution in [1.29, 1.82) is 0 Å². The monoisotopic (exact) mass is 378 g/mol. The summed E-state index contributed by atoms with van der Waals surface area (Å²) in [6, 6.07) is 11.9. The Hall–Kier alpha value is -2.57. The fourth-order valence-corrected chi connectivity index (χ4v) is 2.44. The van der Waals surface area contributed by atoms with E-state index in [0.717, 1.165) is 5.56 Å². The van der Waals surface area contributed by atoms with Gasteiger partial charge in [-0.2, -0.15) is 4.98 Å². The van der Waals surface area contributed by atoms with Gasteiger partial charge in [0.05, 0.1) is 22.7 Å². The normalized spacial score (nSPS) is 10.5. The first-order valence-corrected chi connectivity index (χ1v) is 7.92. The Morgan fingerprint density at radius 1 is 1.20 bits per heavy atom. The Labute approximate surface area is 153 Å². The van der Waals surface area contributed by atoms with Crippen molar-refractivity contribution in [2.24, 2.45) is 0 Å². The number of halogens is 2. The van der Waals surface area contributed by atoms with Crippen LogP contribution >= 0.6 is 23.2 Å². The highest BCUT2D eigenvalue weighted by molar-refractivity contribution is 6.43. The minimum Gasteiger partial charge on any atom is -0.497 e. The number of nitrogens with zero attached hydrogens (tertiary/aromatic N) is 2. The Morgan fingerprint density at radius 3 is 2.80 bits per heavy atom. The zero-order valence-corrected chi connectivity index (χ0v) is 14.5. The first-order valence-electron chi connectivity index (χ1n) is 7.16. The molecule has 3 rings (SSSR count). The van der Waals surface area contributed by atoms with E-state index in [-0.39, 0.29) is 28.1 Å². The number of esters is 1. The third kappa shape index (κ3) is 3.92. The van der Waals surface area contributed by atoms with E-state index < -0.39 is 5.97 Å². The minimum absolute atomic E-state index is 0.136. The molecule has 0 unspecified atom stereocenters. The lowest BCUT2D eigenvalue weighted by Gasteiger charge is -2.04. The lowest BCUT2D eigenvalue weighted by atomic mass is 10.2. The first kappa shape index (κ1) is 17.3. The molecule has 3 aromatic rings. The SMILES string of the molecule is COc1cccc(-c2noc(COC(=O)c3cccc(Cl)c3Cl)n2)c1. The van der Waals surface area contributed by atoms with E-state index in [1.165, 1.54) is 6.07 Å². The number of ether oxygens (including phenoxy) is 2. The molecule has 0 aliphatic carbocycles. The Morgan fingerprint density at radius 2 is 2.00 bits per heavy atom. The van der Waals surface area contributed by atoms with Crippen molar-refractivity contribution >= 4 is 29.2 Å². The molecular weight excluding hydrogens is 367 g/mol. The maximum atomic E-state index is 12.1. The number of methoxy groups -OCH3 is 1. The molecule has 0 saturated carbocycles. The first-order chi connectivity index (χ1) is 12.1. The third-order valence-corrected chi connectivity index (χ3v) is 4.11. The van der Waals surface area contributed by atoms with Crippen LogP contribution in [0.3, 0.4) is 0 Å². The molecule has 25 heavy (non-hydrogen) atoms. The number of carbonyl (C=O) groups is 1. The highest BCUT2D eigenvalue weighted by atomic mass is 35.5. The van der Waals surface area contributed by atoms with Gasteiger partial charge in [0.25, 0.3) is 5.89 Å². The molecule has 0 aliphatic heterocycles. The zero-order valence-electron chi connectivity index (χ0n) is 13.0. The molecule has 2 aromatic carbocycles. The molecule has 1 heterocycles. The van der Waals surface area contributed by atoms with Gasteiger partial charge in [0, 0.05) is 5.56 Å². The second-order valence-electron chi connectivity index (χ2n) is 4.92. The van der Waals surface area contributed by atoms with E-state index in [9.17, 15) is 4.79 Å². The topological polar surface area (TPSA) is 74.5 Å². The lowest BCUT2D eigenvalue weighted by Crippen LogP contribution is -2.06. The Bertz CT molecular complexity index is 911. The van der Waals surface area contributed by atoms with Crippen molar-refractivity contribution in [3.63, 3.8) is 0 Å². The minimum atomic E-state index is -0.631. The van der Waals surface area contributed by atoms with Gasteiger partial charge in [-0.3, -0.25) is 0 Å². The molecule has 0 aliphatic rings. The van der Waals surface area contributed by atoms with E-state index in [4.69, 9.17) is 37.2 Å². The standard InChI is InChI=1S/C17H12Cl2N2O4/c1-23-11-5-2-4-10(8-11)16-20-14(25-21-16)9-24-17(22)12-6-3-7-13(18)15(12)19/h2-8H,9H2,1H3. The molecule has 128 valence electrons. The van der Waals surface area contributed by atoms with Crippen LogP contribution in [-0.2, 0) is 11.3 Å². The summed E-state index contributed by atoms with van der Waals surface area (Å²) in [5.74, 6) is 0.564. The second kappa shape index (κ2) is 7.55. The van der Waals surface area contributed by atoms with Crippen LogP contribution in [0.15, 0.2) is 47.0 Å². The molecule has 0 N–H and O–H groups in total. The maximum Gasteiger partial charge on any atom is 0.340 e. The summed E-state index contributed by atoms with van der Waals surface area (Å²) in [4.78, 5) is 16.3. The van der Waals surface area contributed by atoms with E-state index in [1.54, 1.807) is 31.4 Å². The number of hydrogen-bond acceptors (Lipinski definition) is 6. The van der Waals surface area contributed by atoms with Crippen LogP contribution < -0.4 is 4.74 Å². The van der Waals surface area contributed by atoms with Crippen molar-refractivity contribution in [3.05, 3.63) is 64.0 Å². The van der Waals surface area contributed by atoms with Gasteiger partial charge in [-0.1, -0.05) is 46.6 Å². The van der Waals surface area contributed by atoms with Crippen LogP contribution in [0.25, 0.3) is 11.4 Å². The van der Waals surface area contributed by atoms with Gasteiger partial charge < -0.3 is 14.0 Å². The summed E-state index contributed by atoms with van der Waals surface area (Å²) in [6.07, 6.45) is 0. The predicted octanol–water partition coefficient (Wildman–Crippen LogP) is 4.41. The van der Waals surface area contributed by atoms with Crippen LogP contribution in [0, 0.1) is 0 Å². The van der Waals surface area contributed by atoms with Crippen molar-refractivity contribution in [3.8, 4) is 17.1 Å². The largest absolute Gasteiger partial charge is 0.497 e. The fraction of sp³-hybridized carbons (Fsp3) is 0.118. The van der Waals surface area contributed by atoms with Crippen LogP contribution in [0.5, 0.6) is 5.75 Å². The second-order valence-corrected chi connectivity index (χ2v) is 5.71. The average Bonchev–Trinajstić information content (AvgIpc) is 3.11. The molecule has 6 nitrogen and oxygen atoms in total. The van der Waals surface area contributed by atoms with E-state index >= 15 is 0 Å². The molecule has 0 radical (unpaired) electrons. The molecule has 0 atom stereocenters. The molecule has 0 fully saturated rings. The van der Waals surface area contributed by atoms with Crippen molar-refractivity contribution < 1.29 is 18.8 Å². The number of benzene rings is 2. The fourth-order valence-electron chi connectivity index (χ4n) is 2.06. The van der Waals surface area contributed by atoms with Crippen LogP contribution in [0.4, 0.5) is 0 Å². The van der Waals surface area contributed by atoms with E-state index in [1.807, 2.05) is 12.1 Å². The summed E-state index contributed by atoms with van der Waals surface area (Å²) < 4.78 is 15.4. The van der Waals surface area contributed by atoms with Gasteiger partial charge in [-0.25, -0.2) is 4.79 Å². The summed E-state index contributed by atoms with van der Waals surface area (Å²) >= 11 is 11.9. The number of aromatic nitrogens is 2. The molecule has 0 amide bonds. The van der Waals surface area contributed by atoms with Crippen molar-refractivity contribution in [1.82, 2.24) is 10.1 Å². The smallest absolute Gasteiger partial charge is 0.340 e. The van der Waals surface area contributed by atoms with Crippen molar-refractivity contribution in [2.75, 3.05) is 7.11 Å².